The van der Waals surface area contributed by atoms with Gasteiger partial charge in [0.25, 0.3) is 0 Å². The minimum atomic E-state index is -0.167. The molecule has 1 aromatic heterocycles. The smallest absolute Gasteiger partial charge is 0.249 e. The first kappa shape index (κ1) is 12.4. The summed E-state index contributed by atoms with van der Waals surface area (Å²) in [5.74, 6) is 0.749. The molecule has 0 aliphatic rings. The normalized spacial score (nSPS) is 10.1. The minimum absolute atomic E-state index is 0.167. The largest absolute Gasteiger partial charge is 0.436 e. The molecule has 3 N–H and O–H groups in total. The second-order valence-corrected chi connectivity index (χ2v) is 4.22. The molecular weight excluding hydrogens is 248 g/mol. The van der Waals surface area contributed by atoms with Crippen LogP contribution >= 0.6 is 11.8 Å². The van der Waals surface area contributed by atoms with Crippen LogP contribution in [-0.2, 0) is 0 Å². The first-order chi connectivity index (χ1) is 8.72. The second kappa shape index (κ2) is 5.50. The Morgan fingerprint density at radius 3 is 2.72 bits per heavy atom. The van der Waals surface area contributed by atoms with Crippen LogP contribution in [0.15, 0.2) is 41.6 Å². The highest BCUT2D eigenvalue weighted by Gasteiger charge is 2.12. The highest BCUT2D eigenvalue weighted by molar-refractivity contribution is 7.98. The lowest BCUT2D eigenvalue weighted by Crippen LogP contribution is -2.15. The van der Waals surface area contributed by atoms with Crippen molar-refractivity contribution in [1.29, 1.82) is 5.41 Å². The number of nitrogens with two attached hydrogens (primary N) is 1. The van der Waals surface area contributed by atoms with Gasteiger partial charge in [-0.25, -0.2) is 9.97 Å². The third kappa shape index (κ3) is 2.60. The van der Waals surface area contributed by atoms with E-state index in [0.717, 1.165) is 4.90 Å². The highest BCUT2D eigenvalue weighted by atomic mass is 32.2. The number of para-hydroxylation sites is 1. The summed E-state index contributed by atoms with van der Waals surface area (Å²) in [4.78, 5) is 9.03. The summed E-state index contributed by atoms with van der Waals surface area (Å²) in [6.07, 6.45) is 4.94. The van der Waals surface area contributed by atoms with E-state index in [1.165, 1.54) is 12.4 Å². The van der Waals surface area contributed by atoms with E-state index in [1.54, 1.807) is 11.8 Å². The molecule has 0 amide bonds. The molecule has 0 bridgehead atoms. The third-order valence-corrected chi connectivity index (χ3v) is 2.97. The predicted octanol–water partition coefficient (Wildman–Crippen LogP) is 2.27. The Balaban J connectivity index is 2.37. The zero-order valence-corrected chi connectivity index (χ0v) is 10.6. The summed E-state index contributed by atoms with van der Waals surface area (Å²) in [6, 6.07) is 7.59. The van der Waals surface area contributed by atoms with Crippen LogP contribution in [-0.4, -0.2) is 22.1 Å². The molecular formula is C12H12N4OS. The summed E-state index contributed by atoms with van der Waals surface area (Å²) < 4.78 is 5.68. The van der Waals surface area contributed by atoms with Crippen LogP contribution < -0.4 is 10.5 Å². The Morgan fingerprint density at radius 1 is 1.28 bits per heavy atom. The molecule has 0 spiro atoms. The molecule has 0 atom stereocenters. The number of hydrogen-bond acceptors (Lipinski definition) is 5. The van der Waals surface area contributed by atoms with Gasteiger partial charge in [0.1, 0.15) is 11.6 Å². The third-order valence-electron chi connectivity index (χ3n) is 2.20. The highest BCUT2D eigenvalue weighted by Crippen LogP contribution is 2.30. The fourth-order valence-corrected chi connectivity index (χ4v) is 1.92. The van der Waals surface area contributed by atoms with Crippen molar-refractivity contribution in [2.45, 2.75) is 4.90 Å². The average Bonchev–Trinajstić information content (AvgIpc) is 2.40. The lowest BCUT2D eigenvalue weighted by molar-refractivity contribution is 0.448. The van der Waals surface area contributed by atoms with Crippen LogP contribution in [0.2, 0.25) is 0 Å². The number of nitrogens with one attached hydrogen (secondary N) is 1. The van der Waals surface area contributed by atoms with E-state index in [1.807, 2.05) is 30.5 Å². The van der Waals surface area contributed by atoms with Crippen LogP contribution in [0.1, 0.15) is 5.69 Å². The van der Waals surface area contributed by atoms with Crippen LogP contribution in [0.25, 0.3) is 0 Å². The standard InChI is InChI=1S/C12H12N4OS/c1-18-9-5-3-2-4-8(9)17-12-10(11(13)14)15-6-7-16-12/h2-7H,1H3,(H3,13,14). The van der Waals surface area contributed by atoms with Gasteiger partial charge in [-0.1, -0.05) is 12.1 Å². The Hall–Kier alpha value is -2.08. The van der Waals surface area contributed by atoms with Crippen molar-refractivity contribution in [1.82, 2.24) is 9.97 Å². The lowest BCUT2D eigenvalue weighted by atomic mass is 10.3. The van der Waals surface area contributed by atoms with Crippen molar-refractivity contribution in [2.24, 2.45) is 5.73 Å². The molecule has 0 aliphatic heterocycles. The van der Waals surface area contributed by atoms with Crippen LogP contribution in [0.5, 0.6) is 11.6 Å². The average molecular weight is 260 g/mol. The van der Waals surface area contributed by atoms with E-state index >= 15 is 0 Å². The quantitative estimate of drug-likeness (QED) is 0.500. The van der Waals surface area contributed by atoms with Crippen LogP contribution in [0.4, 0.5) is 0 Å². The second-order valence-electron chi connectivity index (χ2n) is 3.38. The van der Waals surface area contributed by atoms with Gasteiger partial charge < -0.3 is 10.5 Å². The summed E-state index contributed by atoms with van der Waals surface area (Å²) in [6.45, 7) is 0. The Labute approximate surface area is 109 Å². The lowest BCUT2D eigenvalue weighted by Gasteiger charge is -2.10. The van der Waals surface area contributed by atoms with Crippen molar-refractivity contribution >= 4 is 17.6 Å². The molecule has 0 radical (unpaired) electrons. The molecule has 1 heterocycles. The molecule has 0 aliphatic carbocycles. The molecule has 0 fully saturated rings. The number of hydrogen-bond donors (Lipinski definition) is 2. The summed E-state index contributed by atoms with van der Waals surface area (Å²) >= 11 is 1.57. The maximum absolute atomic E-state index is 7.43. The number of nitrogens with zero attached hydrogens (tertiary/aromatic N) is 2. The van der Waals surface area contributed by atoms with Crippen molar-refractivity contribution in [3.8, 4) is 11.6 Å². The molecule has 5 nitrogen and oxygen atoms in total. The van der Waals surface area contributed by atoms with Crippen molar-refractivity contribution in [2.75, 3.05) is 6.26 Å². The zero-order valence-electron chi connectivity index (χ0n) is 9.75. The maximum atomic E-state index is 7.43. The summed E-state index contributed by atoms with van der Waals surface area (Å²) in [7, 11) is 0. The van der Waals surface area contributed by atoms with E-state index < -0.39 is 0 Å². The minimum Gasteiger partial charge on any atom is -0.436 e. The van der Waals surface area contributed by atoms with Crippen LogP contribution in [0, 0.1) is 5.41 Å². The van der Waals surface area contributed by atoms with Gasteiger partial charge in [0.15, 0.2) is 5.69 Å². The molecule has 18 heavy (non-hydrogen) atoms. The first-order valence-corrected chi connectivity index (χ1v) is 6.41. The Morgan fingerprint density at radius 2 is 2.00 bits per heavy atom. The molecule has 0 saturated carbocycles. The van der Waals surface area contributed by atoms with Crippen molar-refractivity contribution < 1.29 is 4.74 Å². The summed E-state index contributed by atoms with van der Waals surface area (Å²) in [5, 5.41) is 7.43. The maximum Gasteiger partial charge on any atom is 0.249 e. The Bertz CT molecular complexity index is 574. The number of rotatable bonds is 4. The number of aromatic nitrogens is 2. The molecule has 6 heteroatoms. The molecule has 0 unspecified atom stereocenters. The zero-order chi connectivity index (χ0) is 13.0. The van der Waals surface area contributed by atoms with Gasteiger partial charge >= 0.3 is 0 Å². The van der Waals surface area contributed by atoms with Gasteiger partial charge in [-0.3, -0.25) is 5.41 Å². The van der Waals surface area contributed by atoms with Crippen molar-refractivity contribution in [3.63, 3.8) is 0 Å². The molecule has 2 aromatic rings. The number of ether oxygens (including phenoxy) is 1. The molecule has 1 aromatic carbocycles. The fraction of sp³-hybridized carbons (Fsp3) is 0.0833. The van der Waals surface area contributed by atoms with Gasteiger partial charge in [0.2, 0.25) is 5.88 Å². The van der Waals surface area contributed by atoms with Gasteiger partial charge in [-0.05, 0) is 18.4 Å². The van der Waals surface area contributed by atoms with E-state index in [9.17, 15) is 0 Å². The SMILES string of the molecule is CSc1ccccc1Oc1nccnc1C(=N)N. The van der Waals surface area contributed by atoms with E-state index in [2.05, 4.69) is 9.97 Å². The van der Waals surface area contributed by atoms with Gasteiger partial charge in [-0.2, -0.15) is 0 Å². The number of thioether (sulfide) groups is 1. The number of amidine groups is 1. The Kier molecular flexibility index (Phi) is 3.78. The van der Waals surface area contributed by atoms with Gasteiger partial charge in [0.05, 0.1) is 0 Å². The van der Waals surface area contributed by atoms with Gasteiger partial charge in [0, 0.05) is 17.3 Å². The van der Waals surface area contributed by atoms with E-state index in [0.29, 0.717) is 5.75 Å². The predicted molar refractivity (Wildman–Crippen MR) is 71.3 cm³/mol. The monoisotopic (exact) mass is 260 g/mol. The van der Waals surface area contributed by atoms with Crippen LogP contribution in [0.3, 0.4) is 0 Å². The van der Waals surface area contributed by atoms with Gasteiger partial charge in [-0.15, -0.1) is 11.8 Å². The van der Waals surface area contributed by atoms with E-state index in [4.69, 9.17) is 15.9 Å². The fourth-order valence-electron chi connectivity index (χ4n) is 1.39. The molecule has 92 valence electrons. The van der Waals surface area contributed by atoms with Crippen molar-refractivity contribution in [3.05, 3.63) is 42.4 Å². The van der Waals surface area contributed by atoms with E-state index in [-0.39, 0.29) is 17.4 Å². The molecule has 0 saturated heterocycles. The molecule has 2 rings (SSSR count). The number of benzene rings is 1. The number of nitrogen functional groups attached to an aromatic ring is 1. The first-order valence-electron chi connectivity index (χ1n) is 5.18. The topological polar surface area (TPSA) is 84.9 Å². The summed E-state index contributed by atoms with van der Waals surface area (Å²) in [5.41, 5.74) is 5.68.